The van der Waals surface area contributed by atoms with Gasteiger partial charge in [-0.3, -0.25) is 4.79 Å². The second kappa shape index (κ2) is 3.83. The van der Waals surface area contributed by atoms with E-state index in [-0.39, 0.29) is 11.0 Å². The smallest absolute Gasteiger partial charge is 0.172 e. The Morgan fingerprint density at radius 2 is 2.19 bits per heavy atom. The van der Waals surface area contributed by atoms with Crippen LogP contribution in [0.3, 0.4) is 0 Å². The van der Waals surface area contributed by atoms with Crippen molar-refractivity contribution in [1.29, 1.82) is 0 Å². The lowest BCUT2D eigenvalue weighted by Crippen LogP contribution is -2.20. The van der Waals surface area contributed by atoms with Gasteiger partial charge >= 0.3 is 0 Å². The summed E-state index contributed by atoms with van der Waals surface area (Å²) in [6, 6.07) is 8.09. The fraction of sp³-hybridized carbons (Fsp3) is 0.154. The average Bonchev–Trinajstić information content (AvgIpc) is 2.50. The van der Waals surface area contributed by atoms with Crippen LogP contribution in [0.5, 0.6) is 0 Å². The van der Waals surface area contributed by atoms with Crippen molar-refractivity contribution in [2.75, 3.05) is 5.32 Å². The predicted octanol–water partition coefficient (Wildman–Crippen LogP) is 2.99. The van der Waals surface area contributed by atoms with E-state index in [0.717, 1.165) is 22.6 Å². The van der Waals surface area contributed by atoms with Crippen LogP contribution in [0.25, 0.3) is 0 Å². The van der Waals surface area contributed by atoms with E-state index in [9.17, 15) is 4.79 Å². The maximum atomic E-state index is 11.8. The number of carbonyl (C=O) groups excluding carboxylic acids is 1. The quantitative estimate of drug-likeness (QED) is 0.741. The van der Waals surface area contributed by atoms with Crippen molar-refractivity contribution in [3.63, 3.8) is 0 Å². The SMILES string of the molecule is O=C1C=CCC2=CNc3ccccc3SC12. The maximum absolute atomic E-state index is 11.8. The molecule has 1 unspecified atom stereocenters. The summed E-state index contributed by atoms with van der Waals surface area (Å²) in [6.45, 7) is 0. The Morgan fingerprint density at radius 3 is 3.12 bits per heavy atom. The lowest BCUT2D eigenvalue weighted by Gasteiger charge is -2.17. The van der Waals surface area contributed by atoms with Crippen molar-refractivity contribution in [2.24, 2.45) is 0 Å². The van der Waals surface area contributed by atoms with Gasteiger partial charge in [-0.15, -0.1) is 11.8 Å². The van der Waals surface area contributed by atoms with Crippen LogP contribution in [0.4, 0.5) is 5.69 Å². The number of hydrogen-bond acceptors (Lipinski definition) is 3. The molecule has 80 valence electrons. The number of anilines is 1. The summed E-state index contributed by atoms with van der Waals surface area (Å²) in [7, 11) is 0. The molecular weight excluding hydrogens is 218 g/mol. The number of ketones is 1. The molecule has 1 aromatic rings. The first-order valence-corrected chi connectivity index (χ1v) is 6.14. The van der Waals surface area contributed by atoms with Crippen LogP contribution in [0.1, 0.15) is 6.42 Å². The van der Waals surface area contributed by atoms with Gasteiger partial charge in [0, 0.05) is 11.1 Å². The van der Waals surface area contributed by atoms with Crippen LogP contribution in [0.2, 0.25) is 0 Å². The van der Waals surface area contributed by atoms with Gasteiger partial charge in [0.25, 0.3) is 0 Å². The zero-order valence-electron chi connectivity index (χ0n) is 8.64. The Morgan fingerprint density at radius 1 is 1.31 bits per heavy atom. The molecule has 0 aromatic heterocycles. The molecule has 0 bridgehead atoms. The number of rotatable bonds is 0. The van der Waals surface area contributed by atoms with E-state index in [4.69, 9.17) is 0 Å². The summed E-state index contributed by atoms with van der Waals surface area (Å²) in [5.74, 6) is 0.195. The van der Waals surface area contributed by atoms with E-state index in [1.165, 1.54) is 0 Å². The molecule has 0 amide bonds. The predicted molar refractivity (Wildman–Crippen MR) is 66.6 cm³/mol. The standard InChI is InChI=1S/C13H11NOS/c15-11-6-3-4-9-8-14-10-5-1-2-7-12(10)16-13(9)11/h1-3,5-8,13-14H,4H2. The van der Waals surface area contributed by atoms with Gasteiger partial charge in [0.2, 0.25) is 0 Å². The molecule has 0 saturated heterocycles. The van der Waals surface area contributed by atoms with Crippen molar-refractivity contribution < 1.29 is 4.79 Å². The molecule has 3 rings (SSSR count). The maximum Gasteiger partial charge on any atom is 0.172 e. The number of thioether (sulfide) groups is 1. The van der Waals surface area contributed by atoms with Gasteiger partial charge in [0.15, 0.2) is 5.78 Å². The summed E-state index contributed by atoms with van der Waals surface area (Å²) in [5, 5.41) is 3.24. The van der Waals surface area contributed by atoms with E-state index < -0.39 is 0 Å². The van der Waals surface area contributed by atoms with Crippen molar-refractivity contribution >= 4 is 23.2 Å². The van der Waals surface area contributed by atoms with Crippen molar-refractivity contribution in [1.82, 2.24) is 0 Å². The fourth-order valence-corrected chi connectivity index (χ4v) is 3.12. The van der Waals surface area contributed by atoms with E-state index in [2.05, 4.69) is 11.4 Å². The number of carbonyl (C=O) groups is 1. The van der Waals surface area contributed by atoms with E-state index in [0.29, 0.717) is 0 Å². The lowest BCUT2D eigenvalue weighted by molar-refractivity contribution is -0.113. The molecule has 1 aliphatic carbocycles. The minimum Gasteiger partial charge on any atom is -0.361 e. The van der Waals surface area contributed by atoms with Gasteiger partial charge in [-0.25, -0.2) is 0 Å². The summed E-state index contributed by atoms with van der Waals surface area (Å²) in [4.78, 5) is 13.0. The molecule has 16 heavy (non-hydrogen) atoms. The average molecular weight is 229 g/mol. The number of hydrogen-bond donors (Lipinski definition) is 1. The largest absolute Gasteiger partial charge is 0.361 e. The number of benzene rings is 1. The Hall–Kier alpha value is -1.48. The number of nitrogens with one attached hydrogen (secondary N) is 1. The number of fused-ring (bicyclic) bond motifs is 2. The highest BCUT2D eigenvalue weighted by atomic mass is 32.2. The Labute approximate surface area is 98.4 Å². The molecule has 1 aromatic carbocycles. The van der Waals surface area contributed by atoms with Gasteiger partial charge < -0.3 is 5.32 Å². The van der Waals surface area contributed by atoms with Crippen LogP contribution >= 0.6 is 11.8 Å². The fourth-order valence-electron chi connectivity index (χ4n) is 1.94. The highest BCUT2D eigenvalue weighted by Crippen LogP contribution is 2.39. The van der Waals surface area contributed by atoms with Crippen LogP contribution in [0, 0.1) is 0 Å². The zero-order chi connectivity index (χ0) is 11.0. The van der Waals surface area contributed by atoms with E-state index in [1.807, 2.05) is 30.5 Å². The highest BCUT2D eigenvalue weighted by Gasteiger charge is 2.27. The third-order valence-corrected chi connectivity index (χ3v) is 4.16. The molecular formula is C13H11NOS. The van der Waals surface area contributed by atoms with Gasteiger partial charge in [-0.2, -0.15) is 0 Å². The minimum absolute atomic E-state index is 0.0406. The van der Waals surface area contributed by atoms with Crippen LogP contribution in [0.15, 0.2) is 53.1 Å². The van der Waals surface area contributed by atoms with Gasteiger partial charge in [-0.1, -0.05) is 18.2 Å². The van der Waals surface area contributed by atoms with E-state index >= 15 is 0 Å². The third kappa shape index (κ3) is 1.57. The van der Waals surface area contributed by atoms with Gasteiger partial charge in [0.05, 0.1) is 10.9 Å². The zero-order valence-corrected chi connectivity index (χ0v) is 9.46. The minimum atomic E-state index is -0.0406. The summed E-state index contributed by atoms with van der Waals surface area (Å²) >= 11 is 1.64. The first-order valence-electron chi connectivity index (χ1n) is 5.26. The second-order valence-corrected chi connectivity index (χ2v) is 5.01. The monoisotopic (exact) mass is 229 g/mol. The molecule has 0 saturated carbocycles. The lowest BCUT2D eigenvalue weighted by atomic mass is 10.0. The molecule has 1 aliphatic heterocycles. The van der Waals surface area contributed by atoms with Crippen LogP contribution in [-0.4, -0.2) is 11.0 Å². The molecule has 2 aliphatic rings. The third-order valence-electron chi connectivity index (χ3n) is 2.78. The van der Waals surface area contributed by atoms with Crippen molar-refractivity contribution in [3.05, 3.63) is 48.2 Å². The van der Waals surface area contributed by atoms with Crippen LogP contribution < -0.4 is 5.32 Å². The van der Waals surface area contributed by atoms with Crippen molar-refractivity contribution in [2.45, 2.75) is 16.6 Å². The molecule has 1 N–H and O–H groups in total. The number of allylic oxidation sites excluding steroid dienone is 2. The molecule has 0 spiro atoms. The Kier molecular flexibility index (Phi) is 2.33. The topological polar surface area (TPSA) is 29.1 Å². The summed E-state index contributed by atoms with van der Waals surface area (Å²) in [6.07, 6.45) is 6.47. The highest BCUT2D eigenvalue weighted by molar-refractivity contribution is 8.01. The van der Waals surface area contributed by atoms with Gasteiger partial charge in [-0.05, 0) is 30.2 Å². The van der Waals surface area contributed by atoms with Crippen molar-refractivity contribution in [3.8, 4) is 0 Å². The number of para-hydroxylation sites is 1. The summed E-state index contributed by atoms with van der Waals surface area (Å²) < 4.78 is 0. The molecule has 0 fully saturated rings. The Bertz CT molecular complexity index is 504. The van der Waals surface area contributed by atoms with Crippen LogP contribution in [-0.2, 0) is 4.79 Å². The summed E-state index contributed by atoms with van der Waals surface area (Å²) in [5.41, 5.74) is 2.25. The van der Waals surface area contributed by atoms with Gasteiger partial charge in [0.1, 0.15) is 0 Å². The normalized spacial score (nSPS) is 22.6. The first-order chi connectivity index (χ1) is 7.84. The molecule has 1 heterocycles. The van der Waals surface area contributed by atoms with E-state index in [1.54, 1.807) is 17.8 Å². The first kappa shape index (κ1) is 9.73. The molecule has 1 atom stereocenters. The molecule has 0 radical (unpaired) electrons. The molecule has 2 nitrogen and oxygen atoms in total. The Balaban J connectivity index is 2.04. The second-order valence-electron chi connectivity index (χ2n) is 3.87. The molecule has 3 heteroatoms.